The summed E-state index contributed by atoms with van der Waals surface area (Å²) in [6, 6.07) is 15.0. The summed E-state index contributed by atoms with van der Waals surface area (Å²) >= 11 is 0. The highest BCUT2D eigenvalue weighted by atomic mass is 32.2. The Kier molecular flexibility index (Phi) is 5.61. The molecule has 4 rings (SSSR count). The molecule has 0 aromatic heterocycles. The zero-order valence-electron chi connectivity index (χ0n) is 16.8. The number of carbonyl (C=O) groups excluding carboxylic acids is 1. The number of nitrogens with zero attached hydrogens (tertiary/aromatic N) is 3. The highest BCUT2D eigenvalue weighted by Gasteiger charge is 2.30. The average molecular weight is 414 g/mol. The molecule has 2 saturated heterocycles. The van der Waals surface area contributed by atoms with Crippen molar-refractivity contribution in [3.05, 3.63) is 59.7 Å². The van der Waals surface area contributed by atoms with Crippen molar-refractivity contribution in [1.29, 1.82) is 0 Å². The number of sulfonamides is 1. The number of piperazine rings is 1. The Labute approximate surface area is 172 Å². The predicted octanol–water partition coefficient (Wildman–Crippen LogP) is 2.74. The van der Waals surface area contributed by atoms with Crippen LogP contribution in [0.3, 0.4) is 0 Å². The molecular formula is C22H27N3O3S. The number of hydrogen-bond acceptors (Lipinski definition) is 4. The Balaban J connectivity index is 1.52. The van der Waals surface area contributed by atoms with E-state index in [-0.39, 0.29) is 10.8 Å². The second-order valence-electron chi connectivity index (χ2n) is 7.70. The molecule has 0 spiro atoms. The molecule has 2 aromatic rings. The van der Waals surface area contributed by atoms with Crippen molar-refractivity contribution in [1.82, 2.24) is 9.21 Å². The molecule has 0 N–H and O–H groups in total. The number of rotatable bonds is 4. The zero-order valence-corrected chi connectivity index (χ0v) is 17.6. The monoisotopic (exact) mass is 413 g/mol. The fraction of sp³-hybridized carbons (Fsp3) is 0.409. The van der Waals surface area contributed by atoms with Crippen LogP contribution in [0, 0.1) is 6.92 Å². The van der Waals surface area contributed by atoms with E-state index in [1.165, 1.54) is 4.31 Å². The van der Waals surface area contributed by atoms with Crippen molar-refractivity contribution in [2.24, 2.45) is 0 Å². The van der Waals surface area contributed by atoms with Crippen molar-refractivity contribution in [3.63, 3.8) is 0 Å². The summed E-state index contributed by atoms with van der Waals surface area (Å²) in [5.41, 5.74) is 2.42. The van der Waals surface area contributed by atoms with Crippen LogP contribution in [0.1, 0.15) is 28.8 Å². The van der Waals surface area contributed by atoms with Gasteiger partial charge in [0.1, 0.15) is 0 Å². The molecule has 0 radical (unpaired) electrons. The first-order valence-electron chi connectivity index (χ1n) is 10.2. The van der Waals surface area contributed by atoms with Gasteiger partial charge < -0.3 is 9.80 Å². The van der Waals surface area contributed by atoms with E-state index in [2.05, 4.69) is 4.90 Å². The summed E-state index contributed by atoms with van der Waals surface area (Å²) < 4.78 is 28.0. The fourth-order valence-electron chi connectivity index (χ4n) is 4.06. The number of aryl methyl sites for hydroxylation is 1. The summed E-state index contributed by atoms with van der Waals surface area (Å²) in [6.45, 7) is 5.51. The molecule has 2 aliphatic heterocycles. The van der Waals surface area contributed by atoms with Gasteiger partial charge in [0.05, 0.1) is 4.90 Å². The highest BCUT2D eigenvalue weighted by molar-refractivity contribution is 7.89. The fourth-order valence-corrected chi connectivity index (χ4v) is 5.51. The van der Waals surface area contributed by atoms with Crippen LogP contribution >= 0.6 is 0 Å². The van der Waals surface area contributed by atoms with Crippen LogP contribution in [0.4, 0.5) is 5.69 Å². The van der Waals surface area contributed by atoms with Crippen LogP contribution in [-0.4, -0.2) is 62.8 Å². The molecule has 0 saturated carbocycles. The average Bonchev–Trinajstić information content (AvgIpc) is 3.29. The molecule has 2 fully saturated rings. The first-order valence-corrected chi connectivity index (χ1v) is 11.6. The molecule has 0 unspecified atom stereocenters. The number of hydrogen-bond donors (Lipinski definition) is 0. The predicted molar refractivity (Wildman–Crippen MR) is 114 cm³/mol. The van der Waals surface area contributed by atoms with E-state index >= 15 is 0 Å². The van der Waals surface area contributed by atoms with Crippen LogP contribution in [-0.2, 0) is 10.0 Å². The van der Waals surface area contributed by atoms with Gasteiger partial charge in [-0.05, 0) is 49.6 Å². The standard InChI is InChI=1S/C22H27N3O3S/c1-18-9-10-20(17-21(18)22(26)24-11-5-6-12-24)29(27,28)25-15-13-23(14-16-25)19-7-3-2-4-8-19/h2-4,7-10,17H,5-6,11-16H2,1H3. The van der Waals surface area contributed by atoms with Gasteiger partial charge in [-0.3, -0.25) is 4.79 Å². The van der Waals surface area contributed by atoms with Crippen LogP contribution in [0.25, 0.3) is 0 Å². The maximum absolute atomic E-state index is 13.2. The molecule has 1 amide bonds. The van der Waals surface area contributed by atoms with E-state index in [1.54, 1.807) is 18.2 Å². The molecule has 2 aliphatic rings. The number of para-hydroxylation sites is 1. The van der Waals surface area contributed by atoms with E-state index in [0.717, 1.165) is 37.2 Å². The second kappa shape index (κ2) is 8.16. The lowest BCUT2D eigenvalue weighted by Crippen LogP contribution is -2.48. The van der Waals surface area contributed by atoms with E-state index in [4.69, 9.17) is 0 Å². The quantitative estimate of drug-likeness (QED) is 0.773. The molecule has 0 aliphatic carbocycles. The van der Waals surface area contributed by atoms with Crippen molar-refractivity contribution >= 4 is 21.6 Å². The minimum absolute atomic E-state index is 0.0639. The van der Waals surface area contributed by atoms with Gasteiger partial charge in [0, 0.05) is 50.5 Å². The summed E-state index contributed by atoms with van der Waals surface area (Å²) in [5, 5.41) is 0. The molecule has 0 bridgehead atoms. The SMILES string of the molecule is Cc1ccc(S(=O)(=O)N2CCN(c3ccccc3)CC2)cc1C(=O)N1CCCC1. The van der Waals surface area contributed by atoms with E-state index in [9.17, 15) is 13.2 Å². The maximum atomic E-state index is 13.2. The summed E-state index contributed by atoms with van der Waals surface area (Å²) in [5.74, 6) is -0.0639. The van der Waals surface area contributed by atoms with Gasteiger partial charge in [0.15, 0.2) is 0 Å². The Hall–Kier alpha value is -2.38. The number of amides is 1. The minimum Gasteiger partial charge on any atom is -0.369 e. The van der Waals surface area contributed by atoms with Gasteiger partial charge in [0.2, 0.25) is 10.0 Å². The third-order valence-corrected chi connectivity index (χ3v) is 7.73. The van der Waals surface area contributed by atoms with Gasteiger partial charge in [-0.25, -0.2) is 8.42 Å². The summed E-state index contributed by atoms with van der Waals surface area (Å²) in [7, 11) is -3.63. The molecule has 2 aromatic carbocycles. The van der Waals surface area contributed by atoms with Crippen molar-refractivity contribution in [2.75, 3.05) is 44.2 Å². The lowest BCUT2D eigenvalue weighted by molar-refractivity contribution is 0.0792. The Bertz CT molecular complexity index is 978. The number of carbonyl (C=O) groups is 1. The number of benzene rings is 2. The molecular weight excluding hydrogens is 386 g/mol. The molecule has 29 heavy (non-hydrogen) atoms. The van der Waals surface area contributed by atoms with Gasteiger partial charge in [-0.15, -0.1) is 0 Å². The normalized spacial score (nSPS) is 18.2. The van der Waals surface area contributed by atoms with E-state index in [1.807, 2.05) is 42.2 Å². The first-order chi connectivity index (χ1) is 14.0. The first kappa shape index (κ1) is 19.9. The number of anilines is 1. The topological polar surface area (TPSA) is 60.9 Å². The Morgan fingerprint density at radius 2 is 1.52 bits per heavy atom. The third kappa shape index (κ3) is 4.02. The number of likely N-dealkylation sites (tertiary alicyclic amines) is 1. The Morgan fingerprint density at radius 3 is 2.17 bits per heavy atom. The lowest BCUT2D eigenvalue weighted by Gasteiger charge is -2.35. The molecule has 154 valence electrons. The lowest BCUT2D eigenvalue weighted by atomic mass is 10.1. The summed E-state index contributed by atoms with van der Waals surface area (Å²) in [6.07, 6.45) is 2.02. The van der Waals surface area contributed by atoms with Crippen LogP contribution in [0.5, 0.6) is 0 Å². The minimum atomic E-state index is -3.63. The van der Waals surface area contributed by atoms with Gasteiger partial charge in [-0.2, -0.15) is 4.31 Å². The zero-order chi connectivity index (χ0) is 20.4. The van der Waals surface area contributed by atoms with Crippen molar-refractivity contribution < 1.29 is 13.2 Å². The van der Waals surface area contributed by atoms with Gasteiger partial charge in [0.25, 0.3) is 5.91 Å². The second-order valence-corrected chi connectivity index (χ2v) is 9.64. The van der Waals surface area contributed by atoms with Gasteiger partial charge in [-0.1, -0.05) is 24.3 Å². The van der Waals surface area contributed by atoms with Crippen LogP contribution in [0.15, 0.2) is 53.4 Å². The van der Waals surface area contributed by atoms with E-state index < -0.39 is 10.0 Å². The molecule has 0 atom stereocenters. The van der Waals surface area contributed by atoms with Crippen molar-refractivity contribution in [3.8, 4) is 0 Å². The Morgan fingerprint density at radius 1 is 0.862 bits per heavy atom. The molecule has 6 nitrogen and oxygen atoms in total. The van der Waals surface area contributed by atoms with Gasteiger partial charge >= 0.3 is 0 Å². The smallest absolute Gasteiger partial charge is 0.254 e. The third-order valence-electron chi connectivity index (χ3n) is 5.83. The van der Waals surface area contributed by atoms with E-state index in [0.29, 0.717) is 31.7 Å². The largest absolute Gasteiger partial charge is 0.369 e. The highest BCUT2D eigenvalue weighted by Crippen LogP contribution is 2.24. The molecule has 7 heteroatoms. The maximum Gasteiger partial charge on any atom is 0.254 e. The van der Waals surface area contributed by atoms with Crippen molar-refractivity contribution in [2.45, 2.75) is 24.7 Å². The summed E-state index contributed by atoms with van der Waals surface area (Å²) in [4.78, 5) is 17.1. The van der Waals surface area contributed by atoms with Crippen LogP contribution in [0.2, 0.25) is 0 Å². The van der Waals surface area contributed by atoms with Crippen LogP contribution < -0.4 is 4.90 Å². The molecule has 2 heterocycles.